The summed E-state index contributed by atoms with van der Waals surface area (Å²) >= 11 is 4.86. The first kappa shape index (κ1) is 14.9. The Labute approximate surface area is 128 Å². The van der Waals surface area contributed by atoms with Crippen molar-refractivity contribution < 1.29 is 9.53 Å². The van der Waals surface area contributed by atoms with Crippen LogP contribution >= 0.6 is 12.2 Å². The Kier molecular flexibility index (Phi) is 4.84. The predicted molar refractivity (Wildman–Crippen MR) is 85.4 cm³/mol. The van der Waals surface area contributed by atoms with E-state index in [0.29, 0.717) is 16.6 Å². The van der Waals surface area contributed by atoms with Crippen molar-refractivity contribution in [3.8, 4) is 5.75 Å². The smallest absolute Gasteiger partial charge is 0.263 e. The molecule has 0 aliphatic carbocycles. The number of nitrogens with zero attached hydrogens (tertiary/aromatic N) is 1. The summed E-state index contributed by atoms with van der Waals surface area (Å²) in [7, 11) is 0. The van der Waals surface area contributed by atoms with Crippen molar-refractivity contribution in [2.75, 3.05) is 11.9 Å². The summed E-state index contributed by atoms with van der Waals surface area (Å²) < 4.78 is 5.38. The number of nitrogens with two attached hydrogens (primary N) is 1. The molecular weight excluding hydrogens is 286 g/mol. The van der Waals surface area contributed by atoms with Gasteiger partial charge in [0.25, 0.3) is 5.91 Å². The second-order valence-corrected chi connectivity index (χ2v) is 4.88. The number of rotatable bonds is 5. The van der Waals surface area contributed by atoms with Crippen LogP contribution in [-0.2, 0) is 4.79 Å². The van der Waals surface area contributed by atoms with Gasteiger partial charge in [0.05, 0.1) is 0 Å². The van der Waals surface area contributed by atoms with Gasteiger partial charge in [0, 0.05) is 11.8 Å². The molecule has 2 rings (SSSR count). The average molecular weight is 301 g/mol. The number of benzene rings is 1. The quantitative estimate of drug-likeness (QED) is 0.826. The highest BCUT2D eigenvalue weighted by Gasteiger charge is 2.05. The Bertz CT molecular complexity index is 656. The maximum Gasteiger partial charge on any atom is 0.263 e. The Hall–Kier alpha value is -2.47. The molecule has 1 heterocycles. The van der Waals surface area contributed by atoms with Crippen LogP contribution in [0.2, 0.25) is 0 Å². The number of ether oxygens (including phenoxy) is 1. The molecule has 0 fully saturated rings. The van der Waals surface area contributed by atoms with Gasteiger partial charge in [0.1, 0.15) is 16.6 Å². The summed E-state index contributed by atoms with van der Waals surface area (Å²) in [4.78, 5) is 16.1. The fourth-order valence-corrected chi connectivity index (χ4v) is 1.78. The van der Waals surface area contributed by atoms with Gasteiger partial charge in [-0.25, -0.2) is 4.98 Å². The summed E-state index contributed by atoms with van der Waals surface area (Å²) in [5, 5.41) is 2.67. The lowest BCUT2D eigenvalue weighted by Crippen LogP contribution is -2.20. The van der Waals surface area contributed by atoms with E-state index in [0.717, 1.165) is 11.1 Å². The summed E-state index contributed by atoms with van der Waals surface area (Å²) in [6.45, 7) is 1.83. The third-order valence-electron chi connectivity index (χ3n) is 2.69. The summed E-state index contributed by atoms with van der Waals surface area (Å²) in [5.74, 6) is 0.807. The lowest BCUT2D eigenvalue weighted by atomic mass is 10.2. The second kappa shape index (κ2) is 6.81. The molecule has 0 atom stereocenters. The number of anilines is 1. The minimum Gasteiger partial charge on any atom is -0.484 e. The van der Waals surface area contributed by atoms with E-state index in [4.69, 9.17) is 22.7 Å². The molecule has 0 bridgehead atoms. The van der Waals surface area contributed by atoms with Gasteiger partial charge in [-0.15, -0.1) is 0 Å². The maximum atomic E-state index is 11.8. The van der Waals surface area contributed by atoms with E-state index in [1.54, 1.807) is 36.5 Å². The van der Waals surface area contributed by atoms with Gasteiger partial charge in [-0.05, 0) is 48.9 Å². The third kappa shape index (κ3) is 4.54. The van der Waals surface area contributed by atoms with Crippen molar-refractivity contribution in [3.05, 3.63) is 53.7 Å². The van der Waals surface area contributed by atoms with Gasteiger partial charge in [0.15, 0.2) is 6.61 Å². The van der Waals surface area contributed by atoms with Gasteiger partial charge in [-0.1, -0.05) is 12.2 Å². The first-order valence-electron chi connectivity index (χ1n) is 6.30. The molecule has 1 aromatic carbocycles. The van der Waals surface area contributed by atoms with Crippen LogP contribution in [0.5, 0.6) is 5.75 Å². The van der Waals surface area contributed by atoms with Gasteiger partial charge in [-0.3, -0.25) is 4.79 Å². The molecule has 2 aromatic rings. The average Bonchev–Trinajstić information content (AvgIpc) is 2.45. The van der Waals surface area contributed by atoms with Crippen LogP contribution in [0.25, 0.3) is 0 Å². The largest absolute Gasteiger partial charge is 0.484 e. The molecule has 3 N–H and O–H groups in total. The number of hydrogen-bond acceptors (Lipinski definition) is 4. The highest BCUT2D eigenvalue weighted by atomic mass is 32.1. The number of amides is 1. The molecule has 0 aliphatic rings. The zero-order chi connectivity index (χ0) is 15.2. The number of aryl methyl sites for hydroxylation is 1. The molecule has 6 heteroatoms. The zero-order valence-electron chi connectivity index (χ0n) is 11.5. The van der Waals surface area contributed by atoms with E-state index >= 15 is 0 Å². The summed E-state index contributed by atoms with van der Waals surface area (Å²) in [6, 6.07) is 10.6. The van der Waals surface area contributed by atoms with E-state index < -0.39 is 0 Å². The van der Waals surface area contributed by atoms with E-state index in [1.165, 1.54) is 0 Å². The minimum atomic E-state index is -0.272. The number of carbonyl (C=O) groups is 1. The molecule has 0 unspecified atom stereocenters. The number of aromatic nitrogens is 1. The zero-order valence-corrected chi connectivity index (χ0v) is 12.3. The van der Waals surface area contributed by atoms with E-state index in [-0.39, 0.29) is 12.5 Å². The lowest BCUT2D eigenvalue weighted by Gasteiger charge is -2.08. The number of carbonyl (C=O) groups excluding carboxylic acids is 1. The molecule has 1 aromatic heterocycles. The number of thiocarbonyl (C=S) groups is 1. The molecule has 0 saturated carbocycles. The van der Waals surface area contributed by atoms with Crippen LogP contribution in [-0.4, -0.2) is 22.5 Å². The van der Waals surface area contributed by atoms with Crippen molar-refractivity contribution in [3.63, 3.8) is 0 Å². The first-order valence-corrected chi connectivity index (χ1v) is 6.70. The highest BCUT2D eigenvalue weighted by molar-refractivity contribution is 7.80. The van der Waals surface area contributed by atoms with Crippen molar-refractivity contribution in [2.45, 2.75) is 6.92 Å². The van der Waals surface area contributed by atoms with Crippen molar-refractivity contribution in [2.24, 2.45) is 5.73 Å². The third-order valence-corrected chi connectivity index (χ3v) is 2.93. The monoisotopic (exact) mass is 301 g/mol. The molecule has 0 spiro atoms. The Morgan fingerprint density at radius 3 is 2.67 bits per heavy atom. The number of hydrogen-bond donors (Lipinski definition) is 2. The second-order valence-electron chi connectivity index (χ2n) is 4.44. The fraction of sp³-hybridized carbons (Fsp3) is 0.133. The van der Waals surface area contributed by atoms with Crippen LogP contribution in [0.1, 0.15) is 11.1 Å². The fourth-order valence-electron chi connectivity index (χ4n) is 1.65. The van der Waals surface area contributed by atoms with Crippen LogP contribution < -0.4 is 15.8 Å². The van der Waals surface area contributed by atoms with Crippen LogP contribution in [0.15, 0.2) is 42.6 Å². The minimum absolute atomic E-state index is 0.0952. The molecule has 0 saturated heterocycles. The lowest BCUT2D eigenvalue weighted by molar-refractivity contribution is -0.118. The van der Waals surface area contributed by atoms with Crippen molar-refractivity contribution >= 4 is 28.9 Å². The SMILES string of the molecule is Cc1ccnc(NC(=O)COc2ccc(C(N)=S)cc2)c1. The van der Waals surface area contributed by atoms with Crippen LogP contribution in [0.3, 0.4) is 0 Å². The topological polar surface area (TPSA) is 77.2 Å². The molecular formula is C15H15N3O2S. The van der Waals surface area contributed by atoms with Crippen LogP contribution in [0.4, 0.5) is 5.82 Å². The maximum absolute atomic E-state index is 11.8. The Morgan fingerprint density at radius 2 is 2.05 bits per heavy atom. The van der Waals surface area contributed by atoms with Crippen LogP contribution in [0, 0.1) is 6.92 Å². The normalized spacial score (nSPS) is 9.95. The molecule has 21 heavy (non-hydrogen) atoms. The molecule has 5 nitrogen and oxygen atoms in total. The molecule has 0 radical (unpaired) electrons. The van der Waals surface area contributed by atoms with E-state index in [2.05, 4.69) is 10.3 Å². The molecule has 0 aliphatic heterocycles. The summed E-state index contributed by atoms with van der Waals surface area (Å²) in [6.07, 6.45) is 1.64. The van der Waals surface area contributed by atoms with Gasteiger partial charge in [-0.2, -0.15) is 0 Å². The van der Waals surface area contributed by atoms with Crippen molar-refractivity contribution in [1.82, 2.24) is 4.98 Å². The number of nitrogens with one attached hydrogen (secondary N) is 1. The number of pyridine rings is 1. The van der Waals surface area contributed by atoms with Gasteiger partial charge < -0.3 is 15.8 Å². The Morgan fingerprint density at radius 1 is 1.33 bits per heavy atom. The standard InChI is InChI=1S/C15H15N3O2S/c1-10-6-7-17-13(8-10)18-14(19)9-20-12-4-2-11(3-5-12)15(16)21/h2-8H,9H2,1H3,(H2,16,21)(H,17,18,19). The predicted octanol–water partition coefficient (Wildman–Crippen LogP) is 2.04. The Balaban J connectivity index is 1.87. The van der Waals surface area contributed by atoms with E-state index in [1.807, 2.05) is 13.0 Å². The summed E-state index contributed by atoms with van der Waals surface area (Å²) in [5.41, 5.74) is 7.28. The van der Waals surface area contributed by atoms with E-state index in [9.17, 15) is 4.79 Å². The van der Waals surface area contributed by atoms with Gasteiger partial charge in [0.2, 0.25) is 0 Å². The first-order chi connectivity index (χ1) is 10.0. The molecule has 1 amide bonds. The van der Waals surface area contributed by atoms with Gasteiger partial charge >= 0.3 is 0 Å². The molecule has 108 valence electrons. The van der Waals surface area contributed by atoms with Crippen molar-refractivity contribution in [1.29, 1.82) is 0 Å². The highest BCUT2D eigenvalue weighted by Crippen LogP contribution is 2.12.